The highest BCUT2D eigenvalue weighted by atomic mass is 16.5. The summed E-state index contributed by atoms with van der Waals surface area (Å²) in [7, 11) is 1.73. The van der Waals surface area contributed by atoms with E-state index >= 15 is 0 Å². The smallest absolute Gasteiger partial charge is 0.105 e. The van der Waals surface area contributed by atoms with Crippen molar-refractivity contribution in [1.29, 1.82) is 0 Å². The first-order chi connectivity index (χ1) is 15.0. The van der Waals surface area contributed by atoms with Gasteiger partial charge < -0.3 is 14.9 Å². The fourth-order valence-corrected chi connectivity index (χ4v) is 8.40. The van der Waals surface area contributed by atoms with Gasteiger partial charge in [-0.1, -0.05) is 65.3 Å². The zero-order valence-corrected chi connectivity index (χ0v) is 21.6. The van der Waals surface area contributed by atoms with Gasteiger partial charge in [-0.2, -0.15) is 0 Å². The molecule has 0 heterocycles. The molecule has 182 valence electrons. The summed E-state index contributed by atoms with van der Waals surface area (Å²) in [5.74, 6) is 3.63. The molecule has 3 unspecified atom stereocenters. The van der Waals surface area contributed by atoms with Crippen molar-refractivity contribution in [2.45, 2.75) is 104 Å². The van der Waals surface area contributed by atoms with Crippen LogP contribution in [-0.4, -0.2) is 35.1 Å². The number of ether oxygens (including phenoxy) is 1. The van der Waals surface area contributed by atoms with Gasteiger partial charge in [-0.3, -0.25) is 0 Å². The lowest BCUT2D eigenvalue weighted by Crippen LogP contribution is -2.65. The minimum atomic E-state index is -0.970. The molecule has 3 fully saturated rings. The molecule has 4 aliphatic rings. The van der Waals surface area contributed by atoms with Crippen molar-refractivity contribution in [3.8, 4) is 0 Å². The molecule has 4 aliphatic carbocycles. The predicted octanol–water partition coefficient (Wildman–Crippen LogP) is 6.15. The summed E-state index contributed by atoms with van der Waals surface area (Å²) < 4.78 is 5.92. The number of allylic oxidation sites excluding steroid dienone is 3. The highest BCUT2D eigenvalue weighted by Crippen LogP contribution is 2.67. The molecule has 0 radical (unpaired) electrons. The van der Waals surface area contributed by atoms with Gasteiger partial charge in [0.25, 0.3) is 0 Å². The number of aliphatic hydroxyl groups excluding tert-OH is 1. The number of rotatable bonds is 5. The van der Waals surface area contributed by atoms with Gasteiger partial charge in [0.05, 0.1) is 6.10 Å². The summed E-state index contributed by atoms with van der Waals surface area (Å²) in [5, 5.41) is 22.3. The maximum Gasteiger partial charge on any atom is 0.105 e. The van der Waals surface area contributed by atoms with Crippen LogP contribution in [0.1, 0.15) is 86.5 Å². The van der Waals surface area contributed by atoms with Crippen LogP contribution in [0.2, 0.25) is 0 Å². The normalized spacial score (nSPS) is 48.2. The van der Waals surface area contributed by atoms with Crippen LogP contribution in [0.15, 0.2) is 23.8 Å². The molecule has 3 nitrogen and oxygen atoms in total. The summed E-state index contributed by atoms with van der Waals surface area (Å²) in [6.07, 6.45) is 13.6. The van der Waals surface area contributed by atoms with Gasteiger partial charge in [0.15, 0.2) is 0 Å². The number of hydrogen-bond donors (Lipinski definition) is 2. The molecule has 0 aromatic rings. The van der Waals surface area contributed by atoms with Gasteiger partial charge in [0.2, 0.25) is 0 Å². The highest BCUT2D eigenvalue weighted by molar-refractivity contribution is 5.33. The van der Waals surface area contributed by atoms with E-state index in [9.17, 15) is 10.2 Å². The lowest BCUT2D eigenvalue weighted by molar-refractivity contribution is -0.216. The van der Waals surface area contributed by atoms with Gasteiger partial charge in [0.1, 0.15) is 11.7 Å². The Bertz CT molecular complexity index is 756. The van der Waals surface area contributed by atoms with Crippen molar-refractivity contribution in [3.63, 3.8) is 0 Å². The Morgan fingerprint density at radius 2 is 1.72 bits per heavy atom. The van der Waals surface area contributed by atoms with Crippen LogP contribution in [0.4, 0.5) is 0 Å². The summed E-state index contributed by atoms with van der Waals surface area (Å²) in [5.41, 5.74) is 0.714. The van der Waals surface area contributed by atoms with Crippen molar-refractivity contribution >= 4 is 0 Å². The minimum absolute atomic E-state index is 0.214. The summed E-state index contributed by atoms with van der Waals surface area (Å²) >= 11 is 0. The van der Waals surface area contributed by atoms with Crippen molar-refractivity contribution in [2.24, 2.45) is 46.3 Å². The SMILES string of the molecule is COC1C=C2[C@@H]3CC[C@H]([C@H](C)C=C[C@H](C)C(C)C)[C@@]3(C)CC[C@@H]2[C@@]2(C)CCC(O)CC12O. The van der Waals surface area contributed by atoms with Crippen LogP contribution in [0.3, 0.4) is 0 Å². The van der Waals surface area contributed by atoms with Crippen LogP contribution < -0.4 is 0 Å². The molecule has 32 heavy (non-hydrogen) atoms. The quantitative estimate of drug-likeness (QED) is 0.500. The van der Waals surface area contributed by atoms with Gasteiger partial charge in [0, 0.05) is 18.9 Å². The van der Waals surface area contributed by atoms with Crippen LogP contribution in [0.25, 0.3) is 0 Å². The van der Waals surface area contributed by atoms with E-state index in [4.69, 9.17) is 4.74 Å². The number of fused-ring (bicyclic) bond motifs is 5. The molecule has 0 aromatic heterocycles. The summed E-state index contributed by atoms with van der Waals surface area (Å²) in [4.78, 5) is 0. The largest absolute Gasteiger partial charge is 0.393 e. The third kappa shape index (κ3) is 3.57. The van der Waals surface area contributed by atoms with Crippen molar-refractivity contribution in [3.05, 3.63) is 23.8 Å². The van der Waals surface area contributed by atoms with E-state index < -0.39 is 11.7 Å². The maximum absolute atomic E-state index is 11.9. The first kappa shape index (κ1) is 24.5. The Labute approximate surface area is 196 Å². The molecular weight excluding hydrogens is 396 g/mol. The Hall–Kier alpha value is -0.640. The first-order valence-corrected chi connectivity index (χ1v) is 13.3. The monoisotopic (exact) mass is 444 g/mol. The topological polar surface area (TPSA) is 49.7 Å². The molecule has 0 aromatic carbocycles. The van der Waals surface area contributed by atoms with Crippen molar-refractivity contribution in [1.82, 2.24) is 0 Å². The van der Waals surface area contributed by atoms with Crippen LogP contribution in [0, 0.1) is 46.3 Å². The second kappa shape index (κ2) is 8.54. The first-order valence-electron chi connectivity index (χ1n) is 13.3. The second-order valence-electron chi connectivity index (χ2n) is 12.7. The molecule has 4 rings (SSSR count). The van der Waals surface area contributed by atoms with E-state index in [2.05, 4.69) is 59.8 Å². The summed E-state index contributed by atoms with van der Waals surface area (Å²) in [6.45, 7) is 14.2. The van der Waals surface area contributed by atoms with Crippen LogP contribution in [-0.2, 0) is 4.74 Å². The highest BCUT2D eigenvalue weighted by Gasteiger charge is 2.65. The Balaban J connectivity index is 1.64. The maximum atomic E-state index is 11.9. The van der Waals surface area contributed by atoms with Crippen molar-refractivity contribution in [2.75, 3.05) is 7.11 Å². The third-order valence-electron chi connectivity index (χ3n) is 11.0. The zero-order chi connectivity index (χ0) is 23.5. The molecule has 3 heteroatoms. The van der Waals surface area contributed by atoms with E-state index in [-0.39, 0.29) is 11.5 Å². The lowest BCUT2D eigenvalue weighted by Gasteiger charge is -2.62. The Kier molecular flexibility index (Phi) is 6.53. The van der Waals surface area contributed by atoms with Gasteiger partial charge in [-0.15, -0.1) is 0 Å². The molecule has 0 aliphatic heterocycles. The Morgan fingerprint density at radius 3 is 2.38 bits per heavy atom. The fourth-order valence-electron chi connectivity index (χ4n) is 8.40. The molecule has 0 amide bonds. The second-order valence-corrected chi connectivity index (χ2v) is 12.7. The number of hydrogen-bond acceptors (Lipinski definition) is 3. The molecule has 0 spiro atoms. The van der Waals surface area contributed by atoms with E-state index in [1.165, 1.54) is 19.3 Å². The molecule has 2 N–H and O–H groups in total. The van der Waals surface area contributed by atoms with Crippen LogP contribution >= 0.6 is 0 Å². The van der Waals surface area contributed by atoms with Gasteiger partial charge in [-0.25, -0.2) is 0 Å². The standard InChI is InChI=1S/C29H48O3/c1-18(2)19(3)8-9-20(4)23-10-11-24-22-16-26(32-7)29(31)17-21(30)12-15-28(29,6)25(22)13-14-27(23,24)5/h8-9,16,18-21,23-26,30-31H,10-15,17H2,1-7H3/t19-,20+,21?,23+,24-,25-,26?,27+,28+,29?/m0/s1. The minimum Gasteiger partial charge on any atom is -0.393 e. The average molecular weight is 445 g/mol. The van der Waals surface area contributed by atoms with E-state index in [1.54, 1.807) is 12.7 Å². The molecule has 3 saturated carbocycles. The fraction of sp³-hybridized carbons (Fsp3) is 0.862. The molecule has 0 saturated heterocycles. The van der Waals surface area contributed by atoms with E-state index in [0.29, 0.717) is 47.3 Å². The molecular formula is C29H48O3. The van der Waals surface area contributed by atoms with Crippen molar-refractivity contribution < 1.29 is 14.9 Å². The van der Waals surface area contributed by atoms with E-state index in [0.717, 1.165) is 19.3 Å². The van der Waals surface area contributed by atoms with Gasteiger partial charge in [-0.05, 0) is 79.4 Å². The Morgan fingerprint density at radius 1 is 1.00 bits per heavy atom. The number of aliphatic hydroxyl groups is 2. The van der Waals surface area contributed by atoms with Gasteiger partial charge >= 0.3 is 0 Å². The molecule has 10 atom stereocenters. The van der Waals surface area contributed by atoms with E-state index in [1.807, 2.05) is 0 Å². The molecule has 0 bridgehead atoms. The zero-order valence-electron chi connectivity index (χ0n) is 21.6. The predicted molar refractivity (Wildman–Crippen MR) is 131 cm³/mol. The third-order valence-corrected chi connectivity index (χ3v) is 11.0. The number of methoxy groups -OCH3 is 1. The summed E-state index contributed by atoms with van der Waals surface area (Å²) in [6, 6.07) is 0. The van der Waals surface area contributed by atoms with Crippen LogP contribution in [0.5, 0.6) is 0 Å². The average Bonchev–Trinajstić information content (AvgIpc) is 3.09. The lowest BCUT2D eigenvalue weighted by atomic mass is 9.45.